The highest BCUT2D eigenvalue weighted by molar-refractivity contribution is 6.14. The molecule has 11 heteroatoms. The number of fused-ring (bicyclic) bond motifs is 1. The number of carbonyl (C=O) groups excluding carboxylic acids is 3. The van der Waals surface area contributed by atoms with Gasteiger partial charge in [0.2, 0.25) is 0 Å². The van der Waals surface area contributed by atoms with Crippen molar-refractivity contribution in [2.75, 3.05) is 4.90 Å². The maximum Gasteiger partial charge on any atom is 0.278 e. The number of hydrogen-bond acceptors (Lipinski definition) is 8. The lowest BCUT2D eigenvalue weighted by Gasteiger charge is -2.32. The summed E-state index contributed by atoms with van der Waals surface area (Å²) in [6.07, 6.45) is 6.08. The Bertz CT molecular complexity index is 1660. The Balaban J connectivity index is 1.14. The maximum absolute atomic E-state index is 13.0. The quantitative estimate of drug-likeness (QED) is 0.393. The average molecular weight is 578 g/mol. The normalized spacial score (nSPS) is 17.6. The summed E-state index contributed by atoms with van der Waals surface area (Å²) in [4.78, 5) is 52.1. The largest absolute Gasteiger partial charge is 0.490 e. The van der Waals surface area contributed by atoms with Crippen LogP contribution < -0.4 is 25.2 Å². The van der Waals surface area contributed by atoms with Crippen molar-refractivity contribution in [3.05, 3.63) is 162 Å². The lowest BCUT2D eigenvalue weighted by Crippen LogP contribution is -2.43. The van der Waals surface area contributed by atoms with Gasteiger partial charge in [0.05, 0.1) is 25.1 Å². The van der Waals surface area contributed by atoms with Gasteiger partial charge in [-0.2, -0.15) is 5.32 Å². The molecule has 22 radical (unpaired) electrons. The van der Waals surface area contributed by atoms with E-state index >= 15 is 0 Å². The first-order valence-corrected chi connectivity index (χ1v) is 12.4. The molecule has 44 heavy (non-hydrogen) atoms. The van der Waals surface area contributed by atoms with E-state index in [9.17, 15) is 19.2 Å². The number of ether oxygens (including phenoxy) is 2. The molecule has 11 nitrogen and oxygen atoms in total. The summed E-state index contributed by atoms with van der Waals surface area (Å²) in [5, 5.41) is 3.27. The Hall–Kier alpha value is -4.64. The van der Waals surface area contributed by atoms with Gasteiger partial charge in [-0.15, -0.1) is 0 Å². The number of amides is 3. The number of benzene rings is 2. The Kier molecular flexibility index (Phi) is 7.89. The minimum Gasteiger partial charge on any atom is -0.490 e. The molecule has 0 atom stereocenters. The monoisotopic (exact) mass is 577 g/mol. The van der Waals surface area contributed by atoms with E-state index < -0.39 is 17.7 Å². The molecule has 2 fully saturated rings. The van der Waals surface area contributed by atoms with E-state index in [0.717, 1.165) is 4.90 Å². The number of hydrogen-bond donors (Lipinski definition) is 0. The van der Waals surface area contributed by atoms with Crippen molar-refractivity contribution in [2.45, 2.75) is 0 Å². The first-order chi connectivity index (χ1) is 21.2. The van der Waals surface area contributed by atoms with Gasteiger partial charge in [0.25, 0.3) is 23.3 Å². The number of pyridine rings is 1. The van der Waals surface area contributed by atoms with Crippen molar-refractivity contribution < 1.29 is 23.9 Å². The molecule has 0 saturated carbocycles. The molecule has 208 valence electrons. The van der Waals surface area contributed by atoms with Crippen molar-refractivity contribution >= 4 is 23.4 Å². The van der Waals surface area contributed by atoms with Crippen LogP contribution in [0.2, 0.25) is 0 Å². The van der Waals surface area contributed by atoms with Crippen LogP contribution in [0, 0.1) is 86.3 Å². The Morgan fingerprint density at radius 3 is 2.20 bits per heavy atom. The van der Waals surface area contributed by atoms with Gasteiger partial charge < -0.3 is 23.8 Å². The highest BCUT2D eigenvalue weighted by Gasteiger charge is 2.43. The summed E-state index contributed by atoms with van der Waals surface area (Å²) in [6, 6.07) is 9.55. The minimum atomic E-state index is -0.908. The van der Waals surface area contributed by atoms with Crippen LogP contribution in [0.15, 0.2) is 47.4 Å². The van der Waals surface area contributed by atoms with Crippen LogP contribution in [0.3, 0.4) is 0 Å². The smallest absolute Gasteiger partial charge is 0.278 e. The van der Waals surface area contributed by atoms with Gasteiger partial charge in [0.15, 0.2) is 6.04 Å². The molecule has 6 rings (SSSR count). The fourth-order valence-corrected chi connectivity index (χ4v) is 4.39. The SMILES string of the molecule is [CH2]Oc1cc(-c2cc([CH2])c(=O)n([CH2])c2)cc(O[CH2])c1[C]N1[C][C]N(c2ccc3c(c2)C(=O)N([C]2[C][C]C(=O)[N]C2=O)[C]3)[C][C]1. The van der Waals surface area contributed by atoms with Gasteiger partial charge in [-0.3, -0.25) is 24.1 Å². The number of aromatic nitrogens is 1. The van der Waals surface area contributed by atoms with E-state index in [1.54, 1.807) is 42.6 Å². The Labute approximate surface area is 255 Å². The molecule has 0 bridgehead atoms. The molecule has 3 aliphatic heterocycles. The van der Waals surface area contributed by atoms with E-state index in [2.05, 4.69) is 85.6 Å². The first kappa shape index (κ1) is 29.4. The molecule has 0 spiro atoms. The second-order valence-electron chi connectivity index (χ2n) is 9.20. The minimum absolute atomic E-state index is 0.237. The summed E-state index contributed by atoms with van der Waals surface area (Å²) >= 11 is 0. The highest BCUT2D eigenvalue weighted by atomic mass is 16.5. The van der Waals surface area contributed by atoms with Gasteiger partial charge in [0.1, 0.15) is 51.9 Å². The molecule has 1 aromatic heterocycles. The summed E-state index contributed by atoms with van der Waals surface area (Å²) < 4.78 is 11.8. The van der Waals surface area contributed by atoms with E-state index in [1.807, 2.05) is 0 Å². The molecular weight excluding hydrogens is 562 g/mol. The summed E-state index contributed by atoms with van der Waals surface area (Å²) in [7, 11) is 10.7. The van der Waals surface area contributed by atoms with Gasteiger partial charge in [-0.1, -0.05) is 6.07 Å². The zero-order chi connectivity index (χ0) is 31.1. The highest BCUT2D eigenvalue weighted by Crippen LogP contribution is 2.39. The van der Waals surface area contributed by atoms with Crippen LogP contribution in [-0.2, 0) is 9.59 Å². The fourth-order valence-electron chi connectivity index (χ4n) is 4.39. The molecule has 3 amide bonds. The van der Waals surface area contributed by atoms with Crippen LogP contribution in [0.25, 0.3) is 11.1 Å². The molecular formula is C33H15N5O6. The topological polar surface area (TPSA) is 115 Å². The predicted molar refractivity (Wildman–Crippen MR) is 150 cm³/mol. The lowest BCUT2D eigenvalue weighted by atomic mass is 10.0. The third-order valence-electron chi connectivity index (χ3n) is 6.49. The molecule has 4 heterocycles. The molecule has 0 N–H and O–H groups in total. The number of piperidine rings is 1. The van der Waals surface area contributed by atoms with Crippen LogP contribution in [0.4, 0.5) is 5.69 Å². The third kappa shape index (κ3) is 5.43. The van der Waals surface area contributed by atoms with E-state index in [0.29, 0.717) is 27.9 Å². The Morgan fingerprint density at radius 2 is 1.57 bits per heavy atom. The number of imide groups is 1. The van der Waals surface area contributed by atoms with Crippen LogP contribution in [0.5, 0.6) is 11.5 Å². The second kappa shape index (κ2) is 11.8. The van der Waals surface area contributed by atoms with Gasteiger partial charge in [-0.05, 0) is 53.9 Å². The van der Waals surface area contributed by atoms with E-state index in [1.165, 1.54) is 14.4 Å². The second-order valence-corrected chi connectivity index (χ2v) is 9.20. The van der Waals surface area contributed by atoms with Crippen molar-refractivity contribution in [3.63, 3.8) is 0 Å². The number of carbonyl (C=O) groups is 3. The zero-order valence-electron chi connectivity index (χ0n) is 22.6. The lowest BCUT2D eigenvalue weighted by molar-refractivity contribution is -0.130. The van der Waals surface area contributed by atoms with Crippen molar-refractivity contribution in [3.8, 4) is 22.6 Å². The van der Waals surface area contributed by atoms with Crippen LogP contribution >= 0.6 is 0 Å². The molecule has 3 aliphatic rings. The standard InChI is InChI=1S/C33H15N5O6/c1-20-13-23(17-35(2)32(20)41)22-14-28(43-3)26(29(15-22)44-4)19-36-9-11-37(12-10-36)24-6-5-21-18-38(33(42)25(21)16-24)27-7-8-30(39)34-31(27)40/h5-6,13-17H,1-4H2. The third-order valence-corrected chi connectivity index (χ3v) is 6.49. The van der Waals surface area contributed by atoms with Crippen molar-refractivity contribution in [2.24, 2.45) is 0 Å². The van der Waals surface area contributed by atoms with Gasteiger partial charge in [0, 0.05) is 36.5 Å². The number of piperazine rings is 1. The predicted octanol–water partition coefficient (Wildman–Crippen LogP) is 2.25. The number of anilines is 1. The average Bonchev–Trinajstić information content (AvgIpc) is 3.35. The molecule has 2 saturated heterocycles. The van der Waals surface area contributed by atoms with E-state index in [4.69, 9.17) is 9.47 Å². The van der Waals surface area contributed by atoms with E-state index in [-0.39, 0.29) is 34.2 Å². The summed E-state index contributed by atoms with van der Waals surface area (Å²) in [6.45, 7) is 20.9. The Morgan fingerprint density at radius 1 is 0.864 bits per heavy atom. The molecule has 2 aromatic carbocycles. The van der Waals surface area contributed by atoms with Crippen molar-refractivity contribution in [1.82, 2.24) is 19.7 Å². The van der Waals surface area contributed by atoms with Gasteiger partial charge in [-0.25, -0.2) is 0 Å². The van der Waals surface area contributed by atoms with Crippen LogP contribution in [0.1, 0.15) is 27.0 Å². The fraction of sp³-hybridized carbons (Fsp3) is 0. The number of nitrogens with zero attached hydrogens (tertiary/aromatic N) is 5. The summed E-state index contributed by atoms with van der Waals surface area (Å²) in [5.74, 6) is -1.80. The molecule has 3 aromatic rings. The summed E-state index contributed by atoms with van der Waals surface area (Å²) in [5.41, 5.74) is 2.66. The van der Waals surface area contributed by atoms with Crippen LogP contribution in [-0.4, -0.2) is 32.1 Å². The van der Waals surface area contributed by atoms with Gasteiger partial charge >= 0.3 is 0 Å². The zero-order valence-corrected chi connectivity index (χ0v) is 22.6. The van der Waals surface area contributed by atoms with Crippen molar-refractivity contribution in [1.29, 1.82) is 0 Å². The molecule has 0 unspecified atom stereocenters. The number of rotatable bonds is 7. The first-order valence-electron chi connectivity index (χ1n) is 12.4. The molecule has 0 aliphatic carbocycles. The maximum atomic E-state index is 13.0.